The number of nitrogens with zero attached hydrogens (tertiary/aromatic N) is 4. The van der Waals surface area contributed by atoms with Gasteiger partial charge >= 0.3 is 0 Å². The SMILES string of the molecule is CN1CCC(=O)c2ccn(CCCCN3CCN(C(=O)c4ccc(OCc5ccccc5)cc4)CC3)c2C1=O. The highest BCUT2D eigenvalue weighted by atomic mass is 16.5. The summed E-state index contributed by atoms with van der Waals surface area (Å²) >= 11 is 0. The molecular formula is C31H36N4O4. The molecule has 204 valence electrons. The number of ketones is 1. The first kappa shape index (κ1) is 26.7. The van der Waals surface area contributed by atoms with Crippen molar-refractivity contribution in [1.82, 2.24) is 19.3 Å². The predicted molar refractivity (Wildman–Crippen MR) is 149 cm³/mol. The third-order valence-corrected chi connectivity index (χ3v) is 7.62. The summed E-state index contributed by atoms with van der Waals surface area (Å²) in [4.78, 5) is 44.1. The van der Waals surface area contributed by atoms with Gasteiger partial charge in [0, 0.05) is 70.1 Å². The average Bonchev–Trinajstić information content (AvgIpc) is 3.37. The molecule has 0 aliphatic carbocycles. The van der Waals surface area contributed by atoms with Crippen LogP contribution in [0.3, 0.4) is 0 Å². The highest BCUT2D eigenvalue weighted by Crippen LogP contribution is 2.21. The van der Waals surface area contributed by atoms with Gasteiger partial charge in [-0.15, -0.1) is 0 Å². The van der Waals surface area contributed by atoms with Gasteiger partial charge in [0.05, 0.1) is 0 Å². The Balaban J connectivity index is 1.04. The van der Waals surface area contributed by atoms with Crippen molar-refractivity contribution in [3.8, 4) is 5.75 Å². The maximum atomic E-state index is 13.0. The second kappa shape index (κ2) is 12.3. The van der Waals surface area contributed by atoms with Crippen LogP contribution in [0.2, 0.25) is 0 Å². The maximum Gasteiger partial charge on any atom is 0.270 e. The fourth-order valence-electron chi connectivity index (χ4n) is 5.22. The van der Waals surface area contributed by atoms with Crippen LogP contribution < -0.4 is 4.74 Å². The second-order valence-electron chi connectivity index (χ2n) is 10.3. The summed E-state index contributed by atoms with van der Waals surface area (Å²) in [6, 6.07) is 19.2. The zero-order chi connectivity index (χ0) is 27.2. The largest absolute Gasteiger partial charge is 0.489 e. The number of hydrogen-bond donors (Lipinski definition) is 0. The minimum Gasteiger partial charge on any atom is -0.489 e. The van der Waals surface area contributed by atoms with E-state index in [1.54, 1.807) is 18.0 Å². The van der Waals surface area contributed by atoms with Crippen LogP contribution in [0.4, 0.5) is 0 Å². The second-order valence-corrected chi connectivity index (χ2v) is 10.3. The van der Waals surface area contributed by atoms with E-state index in [1.807, 2.05) is 70.3 Å². The first-order chi connectivity index (χ1) is 19.0. The van der Waals surface area contributed by atoms with Crippen molar-refractivity contribution in [2.75, 3.05) is 46.3 Å². The number of carbonyl (C=O) groups is 3. The van der Waals surface area contributed by atoms with Gasteiger partial charge in [0.2, 0.25) is 0 Å². The number of aromatic nitrogens is 1. The highest BCUT2D eigenvalue weighted by Gasteiger charge is 2.28. The fourth-order valence-corrected chi connectivity index (χ4v) is 5.22. The summed E-state index contributed by atoms with van der Waals surface area (Å²) in [5.41, 5.74) is 2.87. The topological polar surface area (TPSA) is 75.1 Å². The molecule has 8 heteroatoms. The van der Waals surface area contributed by atoms with Gasteiger partial charge in [0.15, 0.2) is 5.78 Å². The van der Waals surface area contributed by atoms with Gasteiger partial charge < -0.3 is 19.1 Å². The van der Waals surface area contributed by atoms with Crippen molar-refractivity contribution in [2.24, 2.45) is 0 Å². The quantitative estimate of drug-likeness (QED) is 0.393. The maximum absolute atomic E-state index is 13.0. The molecule has 1 fully saturated rings. The number of aryl methyl sites for hydroxylation is 1. The van der Waals surface area contributed by atoms with Crippen molar-refractivity contribution in [3.63, 3.8) is 0 Å². The van der Waals surface area contributed by atoms with E-state index in [4.69, 9.17) is 4.74 Å². The van der Waals surface area contributed by atoms with E-state index in [9.17, 15) is 14.4 Å². The Bertz CT molecular complexity index is 1290. The molecule has 1 saturated heterocycles. The van der Waals surface area contributed by atoms with E-state index >= 15 is 0 Å². The fraction of sp³-hybridized carbons (Fsp3) is 0.387. The Hall–Kier alpha value is -3.91. The number of piperazine rings is 1. The molecule has 2 amide bonds. The Morgan fingerprint density at radius 1 is 0.846 bits per heavy atom. The molecule has 1 aromatic heterocycles. The molecule has 8 nitrogen and oxygen atoms in total. The van der Waals surface area contributed by atoms with E-state index in [0.717, 1.165) is 43.8 Å². The molecule has 3 aromatic rings. The van der Waals surface area contributed by atoms with Gasteiger partial charge in [-0.25, -0.2) is 0 Å². The molecule has 2 aromatic carbocycles. The lowest BCUT2D eigenvalue weighted by atomic mass is 10.1. The highest BCUT2D eigenvalue weighted by molar-refractivity contribution is 6.08. The standard InChI is InChI=1S/C31H36N4O4/c1-32-17-14-28(36)27-13-18-34(29(27)31(32)38)16-6-5-15-33-19-21-35(22-20-33)30(37)25-9-11-26(12-10-25)39-23-24-7-3-2-4-8-24/h2-4,7-13,18H,5-6,14-17,19-23H2,1H3. The Labute approximate surface area is 229 Å². The third-order valence-electron chi connectivity index (χ3n) is 7.62. The zero-order valence-electron chi connectivity index (χ0n) is 22.6. The number of hydrogen-bond acceptors (Lipinski definition) is 5. The lowest BCUT2D eigenvalue weighted by molar-refractivity contribution is 0.0634. The molecule has 0 radical (unpaired) electrons. The lowest BCUT2D eigenvalue weighted by Gasteiger charge is -2.34. The number of benzene rings is 2. The summed E-state index contributed by atoms with van der Waals surface area (Å²) in [6.07, 6.45) is 4.15. The number of unbranched alkanes of at least 4 members (excludes halogenated alkanes) is 1. The van der Waals surface area contributed by atoms with Crippen LogP contribution in [0.5, 0.6) is 5.75 Å². The number of Topliss-reactive ketones (excluding diaryl/α,β-unsaturated/α-hetero) is 1. The van der Waals surface area contributed by atoms with Crippen LogP contribution in [0.1, 0.15) is 56.0 Å². The monoisotopic (exact) mass is 528 g/mol. The van der Waals surface area contributed by atoms with Gasteiger partial charge in [-0.2, -0.15) is 0 Å². The Kier molecular flexibility index (Phi) is 8.42. The number of fused-ring (bicyclic) bond motifs is 1. The van der Waals surface area contributed by atoms with Crippen molar-refractivity contribution >= 4 is 17.6 Å². The van der Waals surface area contributed by atoms with Crippen LogP contribution in [0.25, 0.3) is 0 Å². The van der Waals surface area contributed by atoms with Crippen LogP contribution in [-0.4, -0.2) is 83.2 Å². The molecule has 0 bridgehead atoms. The number of carbonyl (C=O) groups excluding carboxylic acids is 3. The first-order valence-corrected chi connectivity index (χ1v) is 13.8. The first-order valence-electron chi connectivity index (χ1n) is 13.8. The average molecular weight is 529 g/mol. The summed E-state index contributed by atoms with van der Waals surface area (Å²) < 4.78 is 7.77. The molecule has 0 spiro atoms. The van der Waals surface area contributed by atoms with Crippen LogP contribution >= 0.6 is 0 Å². The Morgan fingerprint density at radius 3 is 2.31 bits per heavy atom. The van der Waals surface area contributed by atoms with E-state index in [1.165, 1.54) is 0 Å². The summed E-state index contributed by atoms with van der Waals surface area (Å²) in [7, 11) is 1.75. The van der Waals surface area contributed by atoms with Crippen LogP contribution in [0, 0.1) is 0 Å². The third kappa shape index (κ3) is 6.40. The summed E-state index contributed by atoms with van der Waals surface area (Å²) in [5, 5.41) is 0. The van der Waals surface area contributed by atoms with Gasteiger partial charge in [0.1, 0.15) is 18.1 Å². The van der Waals surface area contributed by atoms with Gasteiger partial charge in [0.25, 0.3) is 11.8 Å². The molecule has 5 rings (SSSR count). The van der Waals surface area contributed by atoms with Gasteiger partial charge in [-0.3, -0.25) is 19.3 Å². The summed E-state index contributed by atoms with van der Waals surface area (Å²) in [5.74, 6) is 0.776. The molecule has 3 heterocycles. The molecule has 0 unspecified atom stereocenters. The molecule has 39 heavy (non-hydrogen) atoms. The minimum absolute atomic E-state index is 0.0428. The van der Waals surface area contributed by atoms with E-state index in [0.29, 0.717) is 56.0 Å². The normalized spacial score (nSPS) is 16.2. The van der Waals surface area contributed by atoms with Crippen molar-refractivity contribution in [1.29, 1.82) is 0 Å². The predicted octanol–water partition coefficient (Wildman–Crippen LogP) is 3.96. The molecular weight excluding hydrogens is 492 g/mol. The number of rotatable bonds is 9. The zero-order valence-corrected chi connectivity index (χ0v) is 22.6. The number of amides is 2. The molecule has 0 atom stereocenters. The van der Waals surface area contributed by atoms with E-state index < -0.39 is 0 Å². The van der Waals surface area contributed by atoms with Crippen molar-refractivity contribution in [3.05, 3.63) is 89.2 Å². The summed E-state index contributed by atoms with van der Waals surface area (Å²) in [6.45, 7) is 5.74. The molecule has 0 saturated carbocycles. The Morgan fingerprint density at radius 2 is 1.56 bits per heavy atom. The van der Waals surface area contributed by atoms with E-state index in [2.05, 4.69) is 4.90 Å². The van der Waals surface area contributed by atoms with Crippen molar-refractivity contribution < 1.29 is 19.1 Å². The minimum atomic E-state index is -0.0732. The van der Waals surface area contributed by atoms with Crippen LogP contribution in [-0.2, 0) is 13.2 Å². The molecule has 0 N–H and O–H groups in total. The lowest BCUT2D eigenvalue weighted by Crippen LogP contribution is -2.48. The number of ether oxygens (including phenoxy) is 1. The molecule has 2 aliphatic rings. The van der Waals surface area contributed by atoms with Crippen LogP contribution in [0.15, 0.2) is 66.9 Å². The van der Waals surface area contributed by atoms with Gasteiger partial charge in [-0.1, -0.05) is 30.3 Å². The molecule has 2 aliphatic heterocycles. The van der Waals surface area contributed by atoms with Gasteiger partial charge in [-0.05, 0) is 55.3 Å². The van der Waals surface area contributed by atoms with Crippen molar-refractivity contribution in [2.45, 2.75) is 32.4 Å². The smallest absolute Gasteiger partial charge is 0.270 e. The van der Waals surface area contributed by atoms with E-state index in [-0.39, 0.29) is 17.6 Å².